The normalized spacial score (nSPS) is 16.5. The first-order valence-electron chi connectivity index (χ1n) is 10.2. The number of carbonyl (C=O) groups excluding carboxylic acids is 1. The minimum atomic E-state index is 0.0251. The first kappa shape index (κ1) is 16.1. The van der Waals surface area contributed by atoms with Crippen LogP contribution in [0, 0.1) is 0 Å². The molecule has 0 spiro atoms. The molecular weight excluding hydrogens is 376 g/mol. The first-order chi connectivity index (χ1) is 14.8. The average Bonchev–Trinajstić information content (AvgIpc) is 3.46. The number of ether oxygens (including phenoxy) is 2. The largest absolute Gasteiger partial charge is 0.494 e. The van der Waals surface area contributed by atoms with Crippen LogP contribution >= 0.6 is 0 Å². The molecule has 3 heterocycles. The van der Waals surface area contributed by atoms with Crippen molar-refractivity contribution in [2.45, 2.75) is 13.0 Å². The zero-order valence-corrected chi connectivity index (χ0v) is 16.2. The summed E-state index contributed by atoms with van der Waals surface area (Å²) in [7, 11) is 0. The van der Waals surface area contributed by atoms with Crippen LogP contribution in [0.5, 0.6) is 0 Å². The van der Waals surface area contributed by atoms with E-state index in [1.165, 1.54) is 16.7 Å². The van der Waals surface area contributed by atoms with Gasteiger partial charge in [0.2, 0.25) is 0 Å². The molecule has 30 heavy (non-hydrogen) atoms. The van der Waals surface area contributed by atoms with Crippen LogP contribution in [0.3, 0.4) is 0 Å². The third-order valence-electron chi connectivity index (χ3n) is 6.50. The minimum Gasteiger partial charge on any atom is -0.494 e. The Balaban J connectivity index is 1.58. The van der Waals surface area contributed by atoms with E-state index in [4.69, 9.17) is 9.47 Å². The molecule has 0 fully saturated rings. The number of aromatic amines is 1. The molecular formula is C25H18N2O3. The van der Waals surface area contributed by atoms with Gasteiger partial charge in [0, 0.05) is 40.4 Å². The number of benzene rings is 3. The van der Waals surface area contributed by atoms with Gasteiger partial charge in [0.1, 0.15) is 19.5 Å². The molecule has 0 saturated heterocycles. The maximum atomic E-state index is 12.9. The number of amides is 1. The van der Waals surface area contributed by atoms with Crippen molar-refractivity contribution >= 4 is 33.5 Å². The van der Waals surface area contributed by atoms with Crippen LogP contribution in [-0.4, -0.2) is 24.1 Å². The standard InChI is InChI=1S/C25H18N2O3/c28-25-23-18(11-26-25)22-16-10-14(20-12-29-7-8-30-20)5-6-19(16)27-24(22)17-9-13-3-1-2-4-15(13)21(17)23/h1-6,10,12,27H,7-9,11H2,(H,26,28). The summed E-state index contributed by atoms with van der Waals surface area (Å²) in [5.41, 5.74) is 9.89. The van der Waals surface area contributed by atoms with Gasteiger partial charge in [-0.05, 0) is 40.5 Å². The second kappa shape index (κ2) is 5.66. The van der Waals surface area contributed by atoms with Crippen LogP contribution in [0.1, 0.15) is 32.6 Å². The van der Waals surface area contributed by atoms with E-state index in [2.05, 4.69) is 52.8 Å². The molecule has 4 aromatic rings. The number of carbonyl (C=O) groups is 1. The predicted octanol–water partition coefficient (Wildman–Crippen LogP) is 4.48. The van der Waals surface area contributed by atoms with Gasteiger partial charge in [-0.3, -0.25) is 4.79 Å². The van der Waals surface area contributed by atoms with E-state index in [-0.39, 0.29) is 5.91 Å². The molecule has 146 valence electrons. The summed E-state index contributed by atoms with van der Waals surface area (Å²) in [6.45, 7) is 1.68. The molecule has 3 aliphatic rings. The summed E-state index contributed by atoms with van der Waals surface area (Å²) in [5.74, 6) is 0.772. The Labute approximate surface area is 172 Å². The minimum absolute atomic E-state index is 0.0251. The molecule has 2 aliphatic heterocycles. The molecule has 0 atom stereocenters. The van der Waals surface area contributed by atoms with Crippen molar-refractivity contribution in [3.63, 3.8) is 0 Å². The van der Waals surface area contributed by atoms with Crippen molar-refractivity contribution in [2.75, 3.05) is 13.2 Å². The summed E-state index contributed by atoms with van der Waals surface area (Å²) < 4.78 is 11.2. The van der Waals surface area contributed by atoms with Crippen molar-refractivity contribution in [3.8, 4) is 11.1 Å². The van der Waals surface area contributed by atoms with Gasteiger partial charge in [-0.15, -0.1) is 0 Å². The van der Waals surface area contributed by atoms with E-state index in [1.54, 1.807) is 6.26 Å². The lowest BCUT2D eigenvalue weighted by Crippen LogP contribution is -2.13. The molecule has 1 aliphatic carbocycles. The van der Waals surface area contributed by atoms with Gasteiger partial charge < -0.3 is 19.8 Å². The zero-order chi connectivity index (χ0) is 19.8. The Morgan fingerprint density at radius 1 is 0.967 bits per heavy atom. The zero-order valence-electron chi connectivity index (χ0n) is 16.2. The molecule has 3 aromatic carbocycles. The molecule has 0 bridgehead atoms. The topological polar surface area (TPSA) is 63.4 Å². The molecule has 5 nitrogen and oxygen atoms in total. The highest BCUT2D eigenvalue weighted by molar-refractivity contribution is 6.19. The fourth-order valence-corrected chi connectivity index (χ4v) is 5.22. The van der Waals surface area contributed by atoms with Crippen molar-refractivity contribution in [3.05, 3.63) is 76.5 Å². The van der Waals surface area contributed by atoms with E-state index >= 15 is 0 Å². The number of H-pyrrole nitrogens is 1. The lowest BCUT2D eigenvalue weighted by atomic mass is 9.92. The van der Waals surface area contributed by atoms with Gasteiger partial charge in [-0.1, -0.05) is 24.3 Å². The summed E-state index contributed by atoms with van der Waals surface area (Å²) in [6, 6.07) is 14.7. The number of rotatable bonds is 1. The maximum absolute atomic E-state index is 12.9. The molecule has 0 unspecified atom stereocenters. The Morgan fingerprint density at radius 3 is 2.80 bits per heavy atom. The summed E-state index contributed by atoms with van der Waals surface area (Å²) in [6.07, 6.45) is 2.52. The van der Waals surface area contributed by atoms with Crippen LogP contribution in [-0.2, 0) is 22.4 Å². The van der Waals surface area contributed by atoms with E-state index in [9.17, 15) is 4.79 Å². The van der Waals surface area contributed by atoms with Crippen LogP contribution < -0.4 is 5.32 Å². The second-order valence-corrected chi connectivity index (χ2v) is 8.06. The highest BCUT2D eigenvalue weighted by Crippen LogP contribution is 2.47. The molecule has 0 radical (unpaired) electrons. The number of fused-ring (bicyclic) bond motifs is 10. The lowest BCUT2D eigenvalue weighted by molar-refractivity contribution is 0.0966. The third kappa shape index (κ3) is 1.99. The van der Waals surface area contributed by atoms with Crippen molar-refractivity contribution in [2.24, 2.45) is 0 Å². The van der Waals surface area contributed by atoms with Gasteiger partial charge in [-0.2, -0.15) is 0 Å². The van der Waals surface area contributed by atoms with E-state index in [1.807, 2.05) is 0 Å². The SMILES string of the molecule is O=C1NCc2c1c1c(c3[nH]c4ccc(C5=COCCO5)cc4c23)Cc2ccccc2-1. The van der Waals surface area contributed by atoms with Crippen LogP contribution in [0.25, 0.3) is 38.7 Å². The molecule has 0 saturated carbocycles. The highest BCUT2D eigenvalue weighted by atomic mass is 16.6. The van der Waals surface area contributed by atoms with Gasteiger partial charge >= 0.3 is 0 Å². The predicted molar refractivity (Wildman–Crippen MR) is 115 cm³/mol. The number of aromatic nitrogens is 1. The van der Waals surface area contributed by atoms with Crippen LogP contribution in [0.15, 0.2) is 48.7 Å². The monoisotopic (exact) mass is 394 g/mol. The molecule has 7 rings (SSSR count). The van der Waals surface area contributed by atoms with Gasteiger partial charge in [-0.25, -0.2) is 0 Å². The van der Waals surface area contributed by atoms with E-state index in [0.29, 0.717) is 19.8 Å². The molecule has 1 aromatic heterocycles. The fourth-order valence-electron chi connectivity index (χ4n) is 5.22. The average molecular weight is 394 g/mol. The van der Waals surface area contributed by atoms with Gasteiger partial charge in [0.15, 0.2) is 5.76 Å². The molecule has 1 amide bonds. The Hall–Kier alpha value is -3.73. The smallest absolute Gasteiger partial charge is 0.252 e. The second-order valence-electron chi connectivity index (χ2n) is 8.06. The van der Waals surface area contributed by atoms with E-state index < -0.39 is 0 Å². The van der Waals surface area contributed by atoms with Crippen LogP contribution in [0.4, 0.5) is 0 Å². The fraction of sp³-hybridized carbons (Fsp3) is 0.160. The Bertz CT molecular complexity index is 1440. The molecule has 5 heteroatoms. The third-order valence-corrected chi connectivity index (χ3v) is 6.50. The number of hydrogen-bond acceptors (Lipinski definition) is 3. The summed E-state index contributed by atoms with van der Waals surface area (Å²) in [5, 5.41) is 5.32. The maximum Gasteiger partial charge on any atom is 0.252 e. The first-order valence-corrected chi connectivity index (χ1v) is 10.2. The van der Waals surface area contributed by atoms with Gasteiger partial charge in [0.25, 0.3) is 5.91 Å². The van der Waals surface area contributed by atoms with Gasteiger partial charge in [0.05, 0.1) is 11.1 Å². The molecule has 2 N–H and O–H groups in total. The highest BCUT2D eigenvalue weighted by Gasteiger charge is 2.34. The summed E-state index contributed by atoms with van der Waals surface area (Å²) in [4.78, 5) is 16.5. The Kier molecular flexibility index (Phi) is 3.04. The van der Waals surface area contributed by atoms with Crippen LogP contribution in [0.2, 0.25) is 0 Å². The lowest BCUT2D eigenvalue weighted by Gasteiger charge is -2.15. The van der Waals surface area contributed by atoms with Crippen molar-refractivity contribution in [1.82, 2.24) is 10.3 Å². The Morgan fingerprint density at radius 2 is 1.90 bits per heavy atom. The summed E-state index contributed by atoms with van der Waals surface area (Å²) >= 11 is 0. The quantitative estimate of drug-likeness (QED) is 0.441. The van der Waals surface area contributed by atoms with E-state index in [0.717, 1.165) is 56.2 Å². The van der Waals surface area contributed by atoms with Crippen molar-refractivity contribution in [1.29, 1.82) is 0 Å². The number of nitrogens with one attached hydrogen (secondary N) is 2. The number of hydrogen-bond donors (Lipinski definition) is 2. The van der Waals surface area contributed by atoms with Crippen molar-refractivity contribution < 1.29 is 14.3 Å².